The van der Waals surface area contributed by atoms with Gasteiger partial charge in [-0.25, -0.2) is 9.36 Å². The zero-order chi connectivity index (χ0) is 37.8. The smallest absolute Gasteiger partial charge is 0.472 e. The fourth-order valence-electron chi connectivity index (χ4n) is 5.03. The van der Waals surface area contributed by atoms with Crippen molar-refractivity contribution < 1.29 is 47.8 Å². The van der Waals surface area contributed by atoms with Gasteiger partial charge in [0.25, 0.3) is 0 Å². The number of unbranched alkanes of at least 4 members (excludes halogenated alkanes) is 16. The first-order valence-electron chi connectivity index (χ1n) is 19.5. The summed E-state index contributed by atoms with van der Waals surface area (Å²) in [6.45, 7) is 2.48. The van der Waals surface area contributed by atoms with Crippen molar-refractivity contribution in [1.29, 1.82) is 0 Å². The number of allylic oxidation sites excluding steroid dienone is 6. The van der Waals surface area contributed by atoms with Crippen LogP contribution in [0.15, 0.2) is 36.5 Å². The molecule has 0 aliphatic heterocycles. The summed E-state index contributed by atoms with van der Waals surface area (Å²) in [4.78, 5) is 45.7. The molecule has 3 unspecified atom stereocenters. The number of hydrogen-bond donors (Lipinski definition) is 4. The first-order valence-corrected chi connectivity index (χ1v) is 21.0. The van der Waals surface area contributed by atoms with Crippen molar-refractivity contribution in [1.82, 2.24) is 5.32 Å². The Labute approximate surface area is 308 Å². The van der Waals surface area contributed by atoms with Crippen LogP contribution in [0.3, 0.4) is 0 Å². The molecule has 11 nitrogen and oxygen atoms in total. The number of aliphatic carboxylic acids is 1. The van der Waals surface area contributed by atoms with E-state index in [4.69, 9.17) is 13.8 Å². The van der Waals surface area contributed by atoms with Crippen molar-refractivity contribution in [2.75, 3.05) is 19.8 Å². The first-order chi connectivity index (χ1) is 24.6. The van der Waals surface area contributed by atoms with E-state index in [-0.39, 0.29) is 12.8 Å². The Morgan fingerprint density at radius 2 is 1.10 bits per heavy atom. The van der Waals surface area contributed by atoms with E-state index < -0.39 is 57.6 Å². The average Bonchev–Trinajstić information content (AvgIpc) is 3.10. The third-order valence-corrected chi connectivity index (χ3v) is 9.10. The van der Waals surface area contributed by atoms with Crippen molar-refractivity contribution in [2.45, 2.75) is 174 Å². The fourth-order valence-corrected chi connectivity index (χ4v) is 5.80. The second-order valence-electron chi connectivity index (χ2n) is 13.1. The standard InChI is InChI=1S/C39H70NO10P/c1-3-5-7-9-11-13-15-16-17-18-19-21-23-25-27-29-31-38(43)48-32-35(41)33-49-51(46,47)50-34-36(39(44)45)40-37(42)30-28-26-24-22-20-14-12-10-8-6-4-2/h10,12-13,15,17-18,35-36,41H,3-9,11,14,16,19-34H2,1-2H3,(H,40,42)(H,44,45)(H,46,47)/b12-10-,15-13-,18-17-. The molecule has 0 spiro atoms. The van der Waals surface area contributed by atoms with Gasteiger partial charge in [0.1, 0.15) is 12.7 Å². The van der Waals surface area contributed by atoms with Gasteiger partial charge in [-0.15, -0.1) is 0 Å². The topological polar surface area (TPSA) is 169 Å². The van der Waals surface area contributed by atoms with Gasteiger partial charge in [-0.3, -0.25) is 18.6 Å². The summed E-state index contributed by atoms with van der Waals surface area (Å²) in [5, 5.41) is 21.7. The number of nitrogens with one attached hydrogen (secondary N) is 1. The van der Waals surface area contributed by atoms with Gasteiger partial charge in [0.2, 0.25) is 5.91 Å². The molecule has 0 saturated heterocycles. The highest BCUT2D eigenvalue weighted by atomic mass is 31.2. The van der Waals surface area contributed by atoms with Crippen LogP contribution in [0.5, 0.6) is 0 Å². The molecule has 51 heavy (non-hydrogen) atoms. The lowest BCUT2D eigenvalue weighted by Gasteiger charge is -2.18. The van der Waals surface area contributed by atoms with Gasteiger partial charge in [-0.2, -0.15) is 0 Å². The molecular weight excluding hydrogens is 673 g/mol. The fraction of sp³-hybridized carbons (Fsp3) is 0.769. The number of rotatable bonds is 36. The van der Waals surface area contributed by atoms with Crippen LogP contribution in [0.1, 0.15) is 162 Å². The molecule has 0 aromatic heterocycles. The van der Waals surface area contributed by atoms with Gasteiger partial charge in [0.05, 0.1) is 13.2 Å². The summed E-state index contributed by atoms with van der Waals surface area (Å²) in [6.07, 6.45) is 34.6. The second-order valence-corrected chi connectivity index (χ2v) is 14.6. The summed E-state index contributed by atoms with van der Waals surface area (Å²) in [7, 11) is -4.75. The number of amides is 1. The largest absolute Gasteiger partial charge is 0.480 e. The molecule has 0 saturated carbocycles. The van der Waals surface area contributed by atoms with Gasteiger partial charge in [-0.1, -0.05) is 121 Å². The van der Waals surface area contributed by atoms with E-state index in [9.17, 15) is 34.1 Å². The maximum Gasteiger partial charge on any atom is 0.472 e. The molecule has 4 N–H and O–H groups in total. The van der Waals surface area contributed by atoms with E-state index in [0.29, 0.717) is 12.8 Å². The molecule has 296 valence electrons. The Balaban J connectivity index is 3.97. The predicted octanol–water partition coefficient (Wildman–Crippen LogP) is 9.27. The highest BCUT2D eigenvalue weighted by Gasteiger charge is 2.28. The minimum absolute atomic E-state index is 0.133. The number of carbonyl (C=O) groups is 3. The molecular formula is C39H70NO10P. The number of esters is 1. The van der Waals surface area contributed by atoms with Gasteiger partial charge in [0.15, 0.2) is 6.04 Å². The maximum absolute atomic E-state index is 12.2. The highest BCUT2D eigenvalue weighted by Crippen LogP contribution is 2.43. The zero-order valence-corrected chi connectivity index (χ0v) is 32.5. The Morgan fingerprint density at radius 1 is 0.627 bits per heavy atom. The van der Waals surface area contributed by atoms with E-state index in [2.05, 4.69) is 55.6 Å². The number of hydrogen-bond acceptors (Lipinski definition) is 8. The quantitative estimate of drug-likeness (QED) is 0.0210. The molecule has 0 rings (SSSR count). The molecule has 3 atom stereocenters. The van der Waals surface area contributed by atoms with Crippen molar-refractivity contribution >= 4 is 25.7 Å². The van der Waals surface area contributed by atoms with Gasteiger partial charge in [-0.05, 0) is 64.2 Å². The summed E-state index contributed by atoms with van der Waals surface area (Å²) >= 11 is 0. The summed E-state index contributed by atoms with van der Waals surface area (Å²) < 4.78 is 26.7. The van der Waals surface area contributed by atoms with Crippen LogP contribution in [0, 0.1) is 0 Å². The van der Waals surface area contributed by atoms with E-state index in [1.165, 1.54) is 44.9 Å². The summed E-state index contributed by atoms with van der Waals surface area (Å²) in [5.74, 6) is -2.41. The molecule has 12 heteroatoms. The SMILES string of the molecule is CCCC/C=C\CCCCCCCC(=O)NC(COP(=O)(O)OCC(O)COC(=O)CCCCCCC/C=C\C/C=C\CCCCCC)C(=O)O. The van der Waals surface area contributed by atoms with E-state index >= 15 is 0 Å². The number of ether oxygens (including phenoxy) is 1. The van der Waals surface area contributed by atoms with E-state index in [1.807, 2.05) is 0 Å². The van der Waals surface area contributed by atoms with E-state index in [0.717, 1.165) is 77.0 Å². The van der Waals surface area contributed by atoms with Gasteiger partial charge in [0, 0.05) is 12.8 Å². The van der Waals surface area contributed by atoms with Crippen LogP contribution in [-0.2, 0) is 32.7 Å². The molecule has 0 aromatic rings. The monoisotopic (exact) mass is 743 g/mol. The lowest BCUT2D eigenvalue weighted by molar-refractivity contribution is -0.147. The number of carbonyl (C=O) groups excluding carboxylic acids is 2. The molecule has 0 heterocycles. The molecule has 0 radical (unpaired) electrons. The van der Waals surface area contributed by atoms with Crippen LogP contribution >= 0.6 is 7.82 Å². The second kappa shape index (κ2) is 34.8. The average molecular weight is 744 g/mol. The highest BCUT2D eigenvalue weighted by molar-refractivity contribution is 7.47. The lowest BCUT2D eigenvalue weighted by Crippen LogP contribution is -2.43. The van der Waals surface area contributed by atoms with Gasteiger partial charge < -0.3 is 25.2 Å². The molecule has 0 aliphatic carbocycles. The Morgan fingerprint density at radius 3 is 1.67 bits per heavy atom. The molecule has 1 amide bonds. The zero-order valence-electron chi connectivity index (χ0n) is 31.7. The summed E-state index contributed by atoms with van der Waals surface area (Å²) in [5.41, 5.74) is 0. The number of aliphatic hydroxyl groups excluding tert-OH is 1. The normalized spacial score (nSPS) is 14.3. The number of carboxylic acids is 1. The maximum atomic E-state index is 12.2. The van der Waals surface area contributed by atoms with Crippen molar-refractivity contribution in [3.63, 3.8) is 0 Å². The van der Waals surface area contributed by atoms with Crippen LogP contribution < -0.4 is 5.32 Å². The Hall–Kier alpha value is -2.30. The third kappa shape index (κ3) is 34.5. The Kier molecular flexibility index (Phi) is 33.2. The molecule has 0 fully saturated rings. The lowest BCUT2D eigenvalue weighted by atomic mass is 10.1. The molecule has 0 aliphatic rings. The number of carboxylic acid groups (broad SMARTS) is 1. The predicted molar refractivity (Wildman–Crippen MR) is 203 cm³/mol. The molecule has 0 bridgehead atoms. The van der Waals surface area contributed by atoms with Gasteiger partial charge >= 0.3 is 19.8 Å². The number of phosphoric acid groups is 1. The van der Waals surface area contributed by atoms with E-state index in [1.54, 1.807) is 0 Å². The number of phosphoric ester groups is 1. The van der Waals surface area contributed by atoms with Crippen LogP contribution in [0.4, 0.5) is 0 Å². The minimum Gasteiger partial charge on any atom is -0.480 e. The van der Waals surface area contributed by atoms with Crippen molar-refractivity contribution in [3.8, 4) is 0 Å². The van der Waals surface area contributed by atoms with Crippen LogP contribution in [0.25, 0.3) is 0 Å². The summed E-state index contributed by atoms with van der Waals surface area (Å²) in [6, 6.07) is -1.55. The van der Waals surface area contributed by atoms with Crippen LogP contribution in [-0.4, -0.2) is 64.9 Å². The van der Waals surface area contributed by atoms with Crippen molar-refractivity contribution in [3.05, 3.63) is 36.5 Å². The van der Waals surface area contributed by atoms with Crippen molar-refractivity contribution in [2.24, 2.45) is 0 Å². The third-order valence-electron chi connectivity index (χ3n) is 8.15. The van der Waals surface area contributed by atoms with Crippen LogP contribution in [0.2, 0.25) is 0 Å². The molecule has 0 aromatic carbocycles. The first kappa shape index (κ1) is 48.7. The Bertz CT molecular complexity index is 1020. The number of aliphatic hydroxyl groups is 1. The minimum atomic E-state index is -4.75.